The molecule has 1 aromatic carbocycles. The molecule has 90 valence electrons. The summed E-state index contributed by atoms with van der Waals surface area (Å²) >= 11 is 0. The number of hydrogen-bond acceptors (Lipinski definition) is 2. The summed E-state index contributed by atoms with van der Waals surface area (Å²) < 4.78 is 7.59. The minimum Gasteiger partial charge on any atom is -0.486 e. The highest BCUT2D eigenvalue weighted by atomic mass is 16.5. The Hall–Kier alpha value is -1.77. The maximum atomic E-state index is 5.73. The third kappa shape index (κ3) is 2.87. The molecule has 2 aromatic rings. The number of ether oxygens (including phenoxy) is 1. The van der Waals surface area contributed by atoms with E-state index >= 15 is 0 Å². The normalized spacial score (nSPS) is 10.5. The van der Waals surface area contributed by atoms with Gasteiger partial charge in [-0.2, -0.15) is 5.10 Å². The topological polar surface area (TPSA) is 27.1 Å². The number of rotatable bonds is 4. The Labute approximate surface area is 102 Å². The van der Waals surface area contributed by atoms with Crippen LogP contribution in [0.25, 0.3) is 0 Å². The lowest BCUT2D eigenvalue weighted by Gasteiger charge is -2.07. The molecule has 0 amide bonds. The van der Waals surface area contributed by atoms with Crippen molar-refractivity contribution in [1.82, 2.24) is 9.78 Å². The number of aryl methyl sites for hydroxylation is 3. The van der Waals surface area contributed by atoms with Gasteiger partial charge in [0.15, 0.2) is 5.75 Å². The molecular formula is C14H18N2O. The Morgan fingerprint density at radius 3 is 2.82 bits per heavy atom. The average Bonchev–Trinajstić information content (AvgIpc) is 2.78. The summed E-state index contributed by atoms with van der Waals surface area (Å²) in [6, 6.07) is 6.41. The molecule has 0 aliphatic carbocycles. The molecule has 0 N–H and O–H groups in total. The van der Waals surface area contributed by atoms with E-state index in [-0.39, 0.29) is 0 Å². The van der Waals surface area contributed by atoms with Crippen molar-refractivity contribution in [3.05, 3.63) is 47.3 Å². The Balaban J connectivity index is 2.04. The molecule has 3 heteroatoms. The molecule has 1 aromatic heterocycles. The van der Waals surface area contributed by atoms with Crippen molar-refractivity contribution in [2.75, 3.05) is 0 Å². The van der Waals surface area contributed by atoms with Gasteiger partial charge in [0, 0.05) is 6.54 Å². The minimum atomic E-state index is 0.600. The fourth-order valence-corrected chi connectivity index (χ4v) is 1.71. The zero-order chi connectivity index (χ0) is 12.3. The third-order valence-electron chi connectivity index (χ3n) is 2.83. The molecule has 0 unspecified atom stereocenters. The zero-order valence-corrected chi connectivity index (χ0v) is 10.6. The first-order chi connectivity index (χ1) is 8.19. The molecule has 17 heavy (non-hydrogen) atoms. The first-order valence-electron chi connectivity index (χ1n) is 5.90. The van der Waals surface area contributed by atoms with Crippen molar-refractivity contribution in [3.8, 4) is 5.75 Å². The van der Waals surface area contributed by atoms with Crippen molar-refractivity contribution >= 4 is 0 Å². The summed E-state index contributed by atoms with van der Waals surface area (Å²) in [5.41, 5.74) is 3.76. The fourth-order valence-electron chi connectivity index (χ4n) is 1.71. The Bertz CT molecular complexity index is 503. The second kappa shape index (κ2) is 5.04. The second-order valence-corrected chi connectivity index (χ2v) is 4.25. The van der Waals surface area contributed by atoms with Crippen LogP contribution in [0.5, 0.6) is 5.75 Å². The average molecular weight is 230 g/mol. The first-order valence-corrected chi connectivity index (χ1v) is 5.90. The largest absolute Gasteiger partial charge is 0.486 e. The van der Waals surface area contributed by atoms with Gasteiger partial charge >= 0.3 is 0 Å². The molecule has 0 spiro atoms. The maximum Gasteiger partial charge on any atom is 0.157 e. The molecular weight excluding hydrogens is 212 g/mol. The van der Waals surface area contributed by atoms with Gasteiger partial charge in [-0.05, 0) is 31.9 Å². The predicted molar refractivity (Wildman–Crippen MR) is 68.1 cm³/mol. The van der Waals surface area contributed by atoms with E-state index in [1.807, 2.05) is 10.9 Å². The van der Waals surface area contributed by atoms with Gasteiger partial charge in [0.05, 0.1) is 12.4 Å². The quantitative estimate of drug-likeness (QED) is 0.807. The van der Waals surface area contributed by atoms with E-state index in [0.29, 0.717) is 6.61 Å². The van der Waals surface area contributed by atoms with Crippen molar-refractivity contribution in [2.24, 2.45) is 0 Å². The smallest absolute Gasteiger partial charge is 0.157 e. The number of hydrogen-bond donors (Lipinski definition) is 0. The van der Waals surface area contributed by atoms with Gasteiger partial charge in [-0.3, -0.25) is 4.68 Å². The highest BCUT2D eigenvalue weighted by Crippen LogP contribution is 2.15. The van der Waals surface area contributed by atoms with Crippen LogP contribution in [-0.2, 0) is 13.2 Å². The van der Waals surface area contributed by atoms with Crippen LogP contribution in [-0.4, -0.2) is 9.78 Å². The molecule has 3 nitrogen and oxygen atoms in total. The third-order valence-corrected chi connectivity index (χ3v) is 2.83. The van der Waals surface area contributed by atoms with Gasteiger partial charge in [-0.1, -0.05) is 23.8 Å². The van der Waals surface area contributed by atoms with Crippen LogP contribution in [0, 0.1) is 13.8 Å². The lowest BCUT2D eigenvalue weighted by atomic mass is 10.1. The maximum absolute atomic E-state index is 5.73. The van der Waals surface area contributed by atoms with Crippen LogP contribution in [0.15, 0.2) is 30.6 Å². The molecule has 1 heterocycles. The second-order valence-electron chi connectivity index (χ2n) is 4.25. The first kappa shape index (κ1) is 11.7. The van der Waals surface area contributed by atoms with Crippen LogP contribution in [0.3, 0.4) is 0 Å². The van der Waals surface area contributed by atoms with Gasteiger partial charge in [-0.25, -0.2) is 0 Å². The standard InChI is InChI=1S/C14H18N2O/c1-4-16-9-14(8-15-16)17-10-13-7-11(2)5-6-12(13)3/h5-9H,4,10H2,1-3H3. The molecule has 0 saturated heterocycles. The van der Waals surface area contributed by atoms with Crippen molar-refractivity contribution < 1.29 is 4.74 Å². The van der Waals surface area contributed by atoms with E-state index in [1.54, 1.807) is 6.20 Å². The minimum absolute atomic E-state index is 0.600. The van der Waals surface area contributed by atoms with Crippen molar-refractivity contribution in [3.63, 3.8) is 0 Å². The van der Waals surface area contributed by atoms with Crippen molar-refractivity contribution in [1.29, 1.82) is 0 Å². The van der Waals surface area contributed by atoms with E-state index in [2.05, 4.69) is 44.1 Å². The summed E-state index contributed by atoms with van der Waals surface area (Å²) in [4.78, 5) is 0. The number of nitrogens with zero attached hydrogens (tertiary/aromatic N) is 2. The summed E-state index contributed by atoms with van der Waals surface area (Å²) in [7, 11) is 0. The molecule has 0 aliphatic rings. The SMILES string of the molecule is CCn1cc(OCc2cc(C)ccc2C)cn1. The van der Waals surface area contributed by atoms with E-state index in [4.69, 9.17) is 4.74 Å². The van der Waals surface area contributed by atoms with Crippen LogP contribution in [0.2, 0.25) is 0 Å². The molecule has 0 bridgehead atoms. The number of benzene rings is 1. The zero-order valence-electron chi connectivity index (χ0n) is 10.6. The van der Waals surface area contributed by atoms with Crippen molar-refractivity contribution in [2.45, 2.75) is 33.9 Å². The summed E-state index contributed by atoms with van der Waals surface area (Å²) in [6.07, 6.45) is 3.68. The lowest BCUT2D eigenvalue weighted by Crippen LogP contribution is -1.98. The Kier molecular flexibility index (Phi) is 3.47. The fraction of sp³-hybridized carbons (Fsp3) is 0.357. The highest BCUT2D eigenvalue weighted by molar-refractivity contribution is 5.30. The van der Waals surface area contributed by atoms with E-state index in [1.165, 1.54) is 16.7 Å². The van der Waals surface area contributed by atoms with Gasteiger partial charge < -0.3 is 4.74 Å². The van der Waals surface area contributed by atoms with Crippen LogP contribution >= 0.6 is 0 Å². The Morgan fingerprint density at radius 1 is 1.29 bits per heavy atom. The highest BCUT2D eigenvalue weighted by Gasteiger charge is 2.02. The molecule has 0 radical (unpaired) electrons. The predicted octanol–water partition coefficient (Wildman–Crippen LogP) is 3.10. The van der Waals surface area contributed by atoms with E-state index in [9.17, 15) is 0 Å². The van der Waals surface area contributed by atoms with Crippen LogP contribution < -0.4 is 4.74 Å². The lowest BCUT2D eigenvalue weighted by molar-refractivity contribution is 0.305. The van der Waals surface area contributed by atoms with E-state index < -0.39 is 0 Å². The van der Waals surface area contributed by atoms with Gasteiger partial charge in [0.25, 0.3) is 0 Å². The molecule has 2 rings (SSSR count). The Morgan fingerprint density at radius 2 is 2.12 bits per heavy atom. The van der Waals surface area contributed by atoms with E-state index in [0.717, 1.165) is 12.3 Å². The van der Waals surface area contributed by atoms with Gasteiger partial charge in [0.1, 0.15) is 6.61 Å². The summed E-state index contributed by atoms with van der Waals surface area (Å²) in [5, 5.41) is 4.18. The van der Waals surface area contributed by atoms with Gasteiger partial charge in [-0.15, -0.1) is 0 Å². The summed E-state index contributed by atoms with van der Waals surface area (Å²) in [6.45, 7) is 7.73. The van der Waals surface area contributed by atoms with Gasteiger partial charge in [0.2, 0.25) is 0 Å². The molecule has 0 fully saturated rings. The summed E-state index contributed by atoms with van der Waals surface area (Å²) in [5.74, 6) is 0.827. The number of aromatic nitrogens is 2. The van der Waals surface area contributed by atoms with Crippen LogP contribution in [0.4, 0.5) is 0 Å². The molecule has 0 atom stereocenters. The molecule has 0 saturated carbocycles. The molecule has 0 aliphatic heterocycles. The monoisotopic (exact) mass is 230 g/mol. The van der Waals surface area contributed by atoms with Crippen LogP contribution in [0.1, 0.15) is 23.6 Å².